The molecule has 10 heteroatoms. The molecule has 0 radical (unpaired) electrons. The molecule has 2 aromatic rings. The van der Waals surface area contributed by atoms with Gasteiger partial charge in [0.25, 0.3) is 5.91 Å². The average molecular weight is 454 g/mol. The lowest BCUT2D eigenvalue weighted by atomic mass is 10.1. The van der Waals surface area contributed by atoms with Crippen molar-refractivity contribution in [3.05, 3.63) is 51.5 Å². The number of carbonyl (C=O) groups is 3. The van der Waals surface area contributed by atoms with Crippen LogP contribution in [0.25, 0.3) is 0 Å². The number of rotatable bonds is 8. The molecule has 160 valence electrons. The lowest BCUT2D eigenvalue weighted by Gasteiger charge is -2.14. The molecular formula is C20H21Cl2N3O5. The van der Waals surface area contributed by atoms with E-state index in [4.69, 9.17) is 32.7 Å². The minimum atomic E-state index is -0.535. The van der Waals surface area contributed by atoms with E-state index in [1.54, 1.807) is 19.1 Å². The maximum absolute atomic E-state index is 12.1. The van der Waals surface area contributed by atoms with E-state index in [1.807, 2.05) is 0 Å². The Balaban J connectivity index is 1.85. The summed E-state index contributed by atoms with van der Waals surface area (Å²) < 4.78 is 10.4. The zero-order valence-electron chi connectivity index (χ0n) is 16.6. The zero-order valence-corrected chi connectivity index (χ0v) is 18.1. The van der Waals surface area contributed by atoms with Gasteiger partial charge in [0.2, 0.25) is 11.8 Å². The molecule has 30 heavy (non-hydrogen) atoms. The van der Waals surface area contributed by atoms with Crippen molar-refractivity contribution in [2.24, 2.45) is 0 Å². The second-order valence-corrected chi connectivity index (χ2v) is 7.00. The van der Waals surface area contributed by atoms with Gasteiger partial charge in [0, 0.05) is 16.8 Å². The van der Waals surface area contributed by atoms with E-state index in [-0.39, 0.29) is 23.7 Å². The third-order valence-electron chi connectivity index (χ3n) is 4.04. The van der Waals surface area contributed by atoms with Crippen molar-refractivity contribution < 1.29 is 23.9 Å². The average Bonchev–Trinajstić information content (AvgIpc) is 2.71. The molecule has 8 nitrogen and oxygen atoms in total. The molecule has 2 aromatic carbocycles. The van der Waals surface area contributed by atoms with E-state index in [0.717, 1.165) is 5.56 Å². The highest BCUT2D eigenvalue weighted by Gasteiger charge is 2.14. The molecule has 0 aliphatic heterocycles. The molecule has 0 unspecified atom stereocenters. The van der Waals surface area contributed by atoms with Gasteiger partial charge in [0.1, 0.15) is 0 Å². The van der Waals surface area contributed by atoms with Gasteiger partial charge in [0.05, 0.1) is 37.9 Å². The Labute approximate surface area is 183 Å². The minimum Gasteiger partial charge on any atom is -0.493 e. The number of carbonyl (C=O) groups excluding carboxylic acids is 3. The predicted octanol–water partition coefficient (Wildman–Crippen LogP) is 2.80. The third-order valence-corrected chi connectivity index (χ3v) is 4.58. The van der Waals surface area contributed by atoms with Crippen molar-refractivity contribution in [3.8, 4) is 11.5 Å². The van der Waals surface area contributed by atoms with Gasteiger partial charge in [-0.1, -0.05) is 23.2 Å². The van der Waals surface area contributed by atoms with Crippen LogP contribution >= 0.6 is 23.2 Å². The summed E-state index contributed by atoms with van der Waals surface area (Å²) in [5.74, 6) is -0.501. The molecule has 3 amide bonds. The standard InChI is InChI=1S/C20H21Cl2N3O5/c1-11-6-16(29-2)17(30-3)8-15(11)25-19(27)10-23-18(26)9-24-20(28)13-5-4-12(21)7-14(13)22/h4-8H,9-10H2,1-3H3,(H,23,26)(H,24,28)(H,25,27). The van der Waals surface area contributed by atoms with Crippen LogP contribution in [0.15, 0.2) is 30.3 Å². The molecule has 0 aromatic heterocycles. The van der Waals surface area contributed by atoms with E-state index in [2.05, 4.69) is 16.0 Å². The number of aryl methyl sites for hydroxylation is 1. The SMILES string of the molecule is COc1cc(C)c(NC(=O)CNC(=O)CNC(=O)c2ccc(Cl)cc2Cl)cc1OC. The van der Waals surface area contributed by atoms with E-state index in [0.29, 0.717) is 22.2 Å². The van der Waals surface area contributed by atoms with Crippen LogP contribution in [-0.4, -0.2) is 45.0 Å². The molecule has 0 bridgehead atoms. The number of halogens is 2. The van der Waals surface area contributed by atoms with Crippen molar-refractivity contribution >= 4 is 46.6 Å². The quantitative estimate of drug-likeness (QED) is 0.569. The first kappa shape index (κ1) is 23.3. The van der Waals surface area contributed by atoms with Crippen molar-refractivity contribution in [1.82, 2.24) is 10.6 Å². The van der Waals surface area contributed by atoms with Crippen molar-refractivity contribution in [2.75, 3.05) is 32.6 Å². The largest absolute Gasteiger partial charge is 0.493 e. The Morgan fingerprint density at radius 1 is 0.900 bits per heavy atom. The summed E-state index contributed by atoms with van der Waals surface area (Å²) >= 11 is 11.7. The Kier molecular flexibility index (Phi) is 8.32. The van der Waals surface area contributed by atoms with E-state index >= 15 is 0 Å². The molecule has 2 rings (SSSR count). The molecular weight excluding hydrogens is 433 g/mol. The number of ether oxygens (including phenoxy) is 2. The predicted molar refractivity (Wildman–Crippen MR) is 115 cm³/mol. The summed E-state index contributed by atoms with van der Waals surface area (Å²) in [6, 6.07) is 7.76. The van der Waals surface area contributed by atoms with Crippen LogP contribution in [0.2, 0.25) is 10.0 Å². The van der Waals surface area contributed by atoms with Gasteiger partial charge >= 0.3 is 0 Å². The number of benzene rings is 2. The first-order valence-corrected chi connectivity index (χ1v) is 9.53. The van der Waals surface area contributed by atoms with Crippen molar-refractivity contribution in [1.29, 1.82) is 0 Å². The molecule has 3 N–H and O–H groups in total. The van der Waals surface area contributed by atoms with Gasteiger partial charge in [-0.2, -0.15) is 0 Å². The van der Waals surface area contributed by atoms with Crippen LogP contribution in [-0.2, 0) is 9.59 Å². The number of hydrogen-bond acceptors (Lipinski definition) is 5. The van der Waals surface area contributed by atoms with Crippen LogP contribution in [0, 0.1) is 6.92 Å². The summed E-state index contributed by atoms with van der Waals surface area (Å²) in [4.78, 5) is 36.2. The maximum atomic E-state index is 12.1. The fourth-order valence-electron chi connectivity index (χ4n) is 2.48. The van der Waals surface area contributed by atoms with Crippen LogP contribution in [0.3, 0.4) is 0 Å². The second-order valence-electron chi connectivity index (χ2n) is 6.15. The topological polar surface area (TPSA) is 106 Å². The first-order chi connectivity index (χ1) is 14.2. The molecule has 0 spiro atoms. The third kappa shape index (κ3) is 6.27. The van der Waals surface area contributed by atoms with Gasteiger partial charge in [-0.25, -0.2) is 0 Å². The fourth-order valence-corrected chi connectivity index (χ4v) is 2.97. The zero-order chi connectivity index (χ0) is 22.3. The molecule has 0 atom stereocenters. The van der Waals surface area contributed by atoms with Gasteiger partial charge in [-0.15, -0.1) is 0 Å². The Bertz CT molecular complexity index is 966. The highest BCUT2D eigenvalue weighted by atomic mass is 35.5. The molecule has 0 fully saturated rings. The van der Waals surface area contributed by atoms with E-state index in [1.165, 1.54) is 32.4 Å². The Morgan fingerprint density at radius 2 is 1.53 bits per heavy atom. The summed E-state index contributed by atoms with van der Waals surface area (Å²) in [7, 11) is 3.01. The summed E-state index contributed by atoms with van der Waals surface area (Å²) in [6.45, 7) is 1.21. The molecule has 0 saturated heterocycles. The van der Waals surface area contributed by atoms with Crippen LogP contribution in [0.4, 0.5) is 5.69 Å². The van der Waals surface area contributed by atoms with Gasteiger partial charge in [0.15, 0.2) is 11.5 Å². The second kappa shape index (κ2) is 10.7. The number of hydrogen-bond donors (Lipinski definition) is 3. The minimum absolute atomic E-state index is 0.171. The number of methoxy groups -OCH3 is 2. The van der Waals surface area contributed by atoms with Gasteiger partial charge in [-0.3, -0.25) is 14.4 Å². The maximum Gasteiger partial charge on any atom is 0.253 e. The van der Waals surface area contributed by atoms with Gasteiger partial charge in [-0.05, 0) is 36.8 Å². The Hall–Kier alpha value is -2.97. The molecule has 0 aliphatic carbocycles. The van der Waals surface area contributed by atoms with E-state index < -0.39 is 17.7 Å². The van der Waals surface area contributed by atoms with Crippen LogP contribution in [0.5, 0.6) is 11.5 Å². The van der Waals surface area contributed by atoms with E-state index in [9.17, 15) is 14.4 Å². The molecule has 0 saturated carbocycles. The normalized spacial score (nSPS) is 10.2. The monoisotopic (exact) mass is 453 g/mol. The number of anilines is 1. The van der Waals surface area contributed by atoms with Crippen LogP contribution in [0.1, 0.15) is 15.9 Å². The lowest BCUT2D eigenvalue weighted by Crippen LogP contribution is -2.40. The molecule has 0 aliphatic rings. The van der Waals surface area contributed by atoms with Crippen LogP contribution < -0.4 is 25.4 Å². The van der Waals surface area contributed by atoms with Gasteiger partial charge < -0.3 is 25.4 Å². The number of amides is 3. The highest BCUT2D eigenvalue weighted by Crippen LogP contribution is 2.32. The molecule has 0 heterocycles. The lowest BCUT2D eigenvalue weighted by molar-refractivity contribution is -0.123. The fraction of sp³-hybridized carbons (Fsp3) is 0.250. The number of nitrogens with one attached hydrogen (secondary N) is 3. The highest BCUT2D eigenvalue weighted by molar-refractivity contribution is 6.36. The van der Waals surface area contributed by atoms with Crippen molar-refractivity contribution in [3.63, 3.8) is 0 Å². The Morgan fingerprint density at radius 3 is 2.17 bits per heavy atom. The summed E-state index contributed by atoms with van der Waals surface area (Å²) in [6.07, 6.45) is 0. The summed E-state index contributed by atoms with van der Waals surface area (Å²) in [5, 5.41) is 8.11. The first-order valence-electron chi connectivity index (χ1n) is 8.77. The summed E-state index contributed by atoms with van der Waals surface area (Å²) in [5.41, 5.74) is 1.48. The van der Waals surface area contributed by atoms with Crippen molar-refractivity contribution in [2.45, 2.75) is 6.92 Å². The smallest absolute Gasteiger partial charge is 0.253 e.